The lowest BCUT2D eigenvalue weighted by Gasteiger charge is -2.41. The molecule has 2 aliphatic heterocycles. The summed E-state index contributed by atoms with van der Waals surface area (Å²) in [6.45, 7) is 6.03. The topological polar surface area (TPSA) is 83.6 Å². The van der Waals surface area contributed by atoms with Crippen molar-refractivity contribution in [3.05, 3.63) is 0 Å². The first-order valence-electron chi connectivity index (χ1n) is 7.56. The third-order valence-corrected chi connectivity index (χ3v) is 6.20. The summed E-state index contributed by atoms with van der Waals surface area (Å²) in [6, 6.07) is -0.978. The Hall–Kier alpha value is -1.11. The zero-order valence-corrected chi connectivity index (χ0v) is 13.6. The summed E-state index contributed by atoms with van der Waals surface area (Å²) >= 11 is 0. The van der Waals surface area contributed by atoms with Gasteiger partial charge in [0, 0.05) is 6.54 Å². The molecule has 2 aliphatic rings. The molecule has 0 bridgehead atoms. The maximum absolute atomic E-state index is 12.6. The SMILES string of the molecule is CCC1C(=O)NC(C(C)C)C(=O)N1CC1CCS(=O)(=O)C1. The van der Waals surface area contributed by atoms with Crippen LogP contribution in [-0.4, -0.2) is 55.3 Å². The predicted octanol–water partition coefficient (Wildman–Crippen LogP) is 0.183. The molecule has 6 nitrogen and oxygen atoms in total. The molecule has 0 aromatic carbocycles. The Labute approximate surface area is 126 Å². The number of hydrogen-bond donors (Lipinski definition) is 1. The highest BCUT2D eigenvalue weighted by Gasteiger charge is 2.42. The molecule has 0 aliphatic carbocycles. The van der Waals surface area contributed by atoms with E-state index in [1.807, 2.05) is 20.8 Å². The Bertz CT molecular complexity index is 529. The van der Waals surface area contributed by atoms with E-state index in [9.17, 15) is 18.0 Å². The maximum atomic E-state index is 12.6. The van der Waals surface area contributed by atoms with Crippen molar-refractivity contribution in [3.63, 3.8) is 0 Å². The summed E-state index contributed by atoms with van der Waals surface area (Å²) in [7, 11) is -2.97. The lowest BCUT2D eigenvalue weighted by atomic mass is 9.95. The van der Waals surface area contributed by atoms with E-state index >= 15 is 0 Å². The minimum absolute atomic E-state index is 0.0223. The molecule has 1 N–H and O–H groups in total. The molecule has 2 saturated heterocycles. The molecule has 21 heavy (non-hydrogen) atoms. The van der Waals surface area contributed by atoms with E-state index in [2.05, 4.69) is 5.32 Å². The van der Waals surface area contributed by atoms with Crippen LogP contribution in [0.15, 0.2) is 0 Å². The molecule has 3 unspecified atom stereocenters. The van der Waals surface area contributed by atoms with E-state index < -0.39 is 21.9 Å². The van der Waals surface area contributed by atoms with Crippen LogP contribution < -0.4 is 5.32 Å². The Morgan fingerprint density at radius 2 is 2.00 bits per heavy atom. The number of piperazine rings is 1. The summed E-state index contributed by atoms with van der Waals surface area (Å²) in [5.74, 6) is 0.0791. The second-order valence-corrected chi connectivity index (χ2v) is 8.64. The fourth-order valence-corrected chi connectivity index (χ4v) is 5.00. The van der Waals surface area contributed by atoms with Gasteiger partial charge in [-0.15, -0.1) is 0 Å². The average molecular weight is 316 g/mol. The summed E-state index contributed by atoms with van der Waals surface area (Å²) in [6.07, 6.45) is 1.12. The molecule has 3 atom stereocenters. The molecule has 120 valence electrons. The van der Waals surface area contributed by atoms with Gasteiger partial charge in [0.1, 0.15) is 12.1 Å². The number of carbonyl (C=O) groups is 2. The average Bonchev–Trinajstić information content (AvgIpc) is 2.73. The number of sulfone groups is 1. The summed E-state index contributed by atoms with van der Waals surface area (Å²) in [5.41, 5.74) is 0. The number of carbonyl (C=O) groups excluding carboxylic acids is 2. The Morgan fingerprint density at radius 3 is 2.48 bits per heavy atom. The van der Waals surface area contributed by atoms with Crippen molar-refractivity contribution >= 4 is 21.7 Å². The molecule has 0 radical (unpaired) electrons. The predicted molar refractivity (Wildman–Crippen MR) is 79.3 cm³/mol. The van der Waals surface area contributed by atoms with Crippen molar-refractivity contribution in [2.75, 3.05) is 18.1 Å². The zero-order chi connectivity index (χ0) is 15.8. The van der Waals surface area contributed by atoms with Crippen LogP contribution in [0.5, 0.6) is 0 Å². The largest absolute Gasteiger partial charge is 0.342 e. The van der Waals surface area contributed by atoms with Crippen molar-refractivity contribution in [3.8, 4) is 0 Å². The maximum Gasteiger partial charge on any atom is 0.246 e. The number of rotatable bonds is 4. The Morgan fingerprint density at radius 1 is 1.33 bits per heavy atom. The fourth-order valence-electron chi connectivity index (χ4n) is 3.15. The van der Waals surface area contributed by atoms with Gasteiger partial charge >= 0.3 is 0 Å². The van der Waals surface area contributed by atoms with Gasteiger partial charge in [-0.1, -0.05) is 20.8 Å². The molecule has 0 saturated carbocycles. The van der Waals surface area contributed by atoms with E-state index in [0.29, 0.717) is 19.4 Å². The van der Waals surface area contributed by atoms with Crippen LogP contribution >= 0.6 is 0 Å². The van der Waals surface area contributed by atoms with Crippen LogP contribution in [0, 0.1) is 11.8 Å². The highest BCUT2D eigenvalue weighted by atomic mass is 32.2. The molecule has 2 rings (SSSR count). The third-order valence-electron chi connectivity index (χ3n) is 4.36. The van der Waals surface area contributed by atoms with Crippen LogP contribution in [0.2, 0.25) is 0 Å². The lowest BCUT2D eigenvalue weighted by molar-refractivity contribution is -0.151. The van der Waals surface area contributed by atoms with Gasteiger partial charge in [0.05, 0.1) is 11.5 Å². The monoisotopic (exact) mass is 316 g/mol. The number of amides is 2. The van der Waals surface area contributed by atoms with E-state index in [0.717, 1.165) is 0 Å². The van der Waals surface area contributed by atoms with Crippen LogP contribution in [-0.2, 0) is 19.4 Å². The van der Waals surface area contributed by atoms with Crippen LogP contribution in [0.1, 0.15) is 33.6 Å². The Kier molecular flexibility index (Phi) is 4.60. The van der Waals surface area contributed by atoms with Gasteiger partial charge in [-0.3, -0.25) is 9.59 Å². The van der Waals surface area contributed by atoms with E-state index in [4.69, 9.17) is 0 Å². The molecule has 0 aromatic rings. The quantitative estimate of drug-likeness (QED) is 0.802. The van der Waals surface area contributed by atoms with Gasteiger partial charge in [0.15, 0.2) is 9.84 Å². The van der Waals surface area contributed by atoms with Crippen LogP contribution in [0.25, 0.3) is 0 Å². The smallest absolute Gasteiger partial charge is 0.246 e. The summed E-state index contributed by atoms with van der Waals surface area (Å²) in [5, 5.41) is 2.79. The van der Waals surface area contributed by atoms with Crippen molar-refractivity contribution in [2.24, 2.45) is 11.8 Å². The molecule has 2 heterocycles. The second kappa shape index (κ2) is 5.94. The summed E-state index contributed by atoms with van der Waals surface area (Å²) < 4.78 is 23.1. The van der Waals surface area contributed by atoms with Crippen molar-refractivity contribution in [1.82, 2.24) is 10.2 Å². The molecule has 0 spiro atoms. The first kappa shape index (κ1) is 16.3. The Balaban J connectivity index is 2.16. The van der Waals surface area contributed by atoms with Crippen LogP contribution in [0.4, 0.5) is 0 Å². The van der Waals surface area contributed by atoms with E-state index in [1.54, 1.807) is 4.90 Å². The second-order valence-electron chi connectivity index (χ2n) is 6.41. The fraction of sp³-hybridized carbons (Fsp3) is 0.857. The first-order valence-corrected chi connectivity index (χ1v) is 9.38. The minimum atomic E-state index is -2.97. The van der Waals surface area contributed by atoms with Crippen molar-refractivity contribution in [1.29, 1.82) is 0 Å². The molecule has 2 fully saturated rings. The summed E-state index contributed by atoms with van der Waals surface area (Å²) in [4.78, 5) is 26.4. The molecular formula is C14H24N2O4S. The molecule has 0 aromatic heterocycles. The van der Waals surface area contributed by atoms with Crippen LogP contribution in [0.3, 0.4) is 0 Å². The number of hydrogen-bond acceptors (Lipinski definition) is 4. The minimum Gasteiger partial charge on any atom is -0.342 e. The highest BCUT2D eigenvalue weighted by molar-refractivity contribution is 7.91. The highest BCUT2D eigenvalue weighted by Crippen LogP contribution is 2.24. The molecule has 2 amide bonds. The van der Waals surface area contributed by atoms with Gasteiger partial charge in [-0.05, 0) is 24.7 Å². The molecule has 7 heteroatoms. The van der Waals surface area contributed by atoms with Gasteiger partial charge < -0.3 is 10.2 Å². The van der Waals surface area contributed by atoms with E-state index in [1.165, 1.54) is 0 Å². The first-order chi connectivity index (χ1) is 9.75. The number of nitrogens with zero attached hydrogens (tertiary/aromatic N) is 1. The molecular weight excluding hydrogens is 292 g/mol. The zero-order valence-electron chi connectivity index (χ0n) is 12.8. The lowest BCUT2D eigenvalue weighted by Crippen LogP contribution is -2.65. The number of nitrogens with one attached hydrogen (secondary N) is 1. The van der Waals surface area contributed by atoms with Gasteiger partial charge in [0.2, 0.25) is 11.8 Å². The van der Waals surface area contributed by atoms with Gasteiger partial charge in [-0.25, -0.2) is 8.42 Å². The van der Waals surface area contributed by atoms with Crippen molar-refractivity contribution < 1.29 is 18.0 Å². The van der Waals surface area contributed by atoms with Gasteiger partial charge in [-0.2, -0.15) is 0 Å². The van der Waals surface area contributed by atoms with Gasteiger partial charge in [0.25, 0.3) is 0 Å². The normalized spacial score (nSPS) is 32.6. The standard InChI is InChI=1S/C14H24N2O4S/c1-4-11-13(17)15-12(9(2)3)14(18)16(11)7-10-5-6-21(19,20)8-10/h9-12H,4-8H2,1-3H3,(H,15,17). The third kappa shape index (κ3) is 3.39. The van der Waals surface area contributed by atoms with E-state index in [-0.39, 0.29) is 35.2 Å². The van der Waals surface area contributed by atoms with Crippen molar-refractivity contribution in [2.45, 2.75) is 45.7 Å².